The molecule has 4 heteroatoms. The highest BCUT2D eigenvalue weighted by Crippen LogP contribution is 2.35. The third-order valence-corrected chi connectivity index (χ3v) is 6.48. The molecule has 0 spiro atoms. The van der Waals surface area contributed by atoms with Gasteiger partial charge in [-0.15, -0.1) is 0 Å². The van der Waals surface area contributed by atoms with E-state index in [1.807, 2.05) is 24.5 Å². The lowest BCUT2D eigenvalue weighted by Crippen LogP contribution is -2.41. The first-order chi connectivity index (χ1) is 15.7. The number of likely N-dealkylation sites (tertiary alicyclic amines) is 1. The van der Waals surface area contributed by atoms with Crippen molar-refractivity contribution in [2.24, 2.45) is 5.92 Å². The van der Waals surface area contributed by atoms with Gasteiger partial charge in [0, 0.05) is 24.3 Å². The van der Waals surface area contributed by atoms with E-state index in [0.29, 0.717) is 6.54 Å². The van der Waals surface area contributed by atoms with Crippen molar-refractivity contribution in [1.29, 1.82) is 0 Å². The minimum Gasteiger partial charge on any atom is -0.481 e. The Morgan fingerprint density at radius 1 is 0.906 bits per heavy atom. The second-order valence-corrected chi connectivity index (χ2v) is 8.55. The van der Waals surface area contributed by atoms with Crippen molar-refractivity contribution in [3.05, 3.63) is 102 Å². The largest absolute Gasteiger partial charge is 0.481 e. The lowest BCUT2D eigenvalue weighted by molar-refractivity contribution is -0.143. The number of fused-ring (bicyclic) bond motifs is 1. The number of carboxylic acid groups (broad SMARTS) is 1. The van der Waals surface area contributed by atoms with Gasteiger partial charge < -0.3 is 5.11 Å². The summed E-state index contributed by atoms with van der Waals surface area (Å²) in [6, 6.07) is 27.6. The van der Waals surface area contributed by atoms with Gasteiger partial charge in [-0.3, -0.25) is 14.7 Å². The van der Waals surface area contributed by atoms with Crippen molar-refractivity contribution < 1.29 is 9.90 Å². The number of hydrogen-bond acceptors (Lipinski definition) is 3. The summed E-state index contributed by atoms with van der Waals surface area (Å²) in [6.45, 7) is 1.46. The average molecular weight is 423 g/mol. The molecule has 32 heavy (non-hydrogen) atoms. The molecule has 1 aromatic heterocycles. The molecular formula is C28H26N2O2. The number of pyridine rings is 1. The molecular weight excluding hydrogens is 396 g/mol. The van der Waals surface area contributed by atoms with E-state index in [2.05, 4.69) is 76.6 Å². The molecule has 1 saturated heterocycles. The van der Waals surface area contributed by atoms with E-state index in [-0.39, 0.29) is 12.0 Å². The molecule has 0 amide bonds. The molecule has 1 N–H and O–H groups in total. The van der Waals surface area contributed by atoms with E-state index >= 15 is 0 Å². The van der Waals surface area contributed by atoms with Crippen molar-refractivity contribution in [2.45, 2.75) is 18.9 Å². The number of aromatic nitrogens is 1. The molecule has 1 fully saturated rings. The highest BCUT2D eigenvalue weighted by Gasteiger charge is 2.31. The summed E-state index contributed by atoms with van der Waals surface area (Å²) in [6.07, 6.45) is 5.34. The number of carboxylic acids is 1. The summed E-state index contributed by atoms with van der Waals surface area (Å²) in [5.41, 5.74) is 4.74. The van der Waals surface area contributed by atoms with Crippen LogP contribution in [0.3, 0.4) is 0 Å². The van der Waals surface area contributed by atoms with Gasteiger partial charge in [0.25, 0.3) is 0 Å². The predicted molar refractivity (Wildman–Crippen MR) is 127 cm³/mol. The summed E-state index contributed by atoms with van der Waals surface area (Å²) in [7, 11) is 0. The highest BCUT2D eigenvalue weighted by molar-refractivity contribution is 5.82. The van der Waals surface area contributed by atoms with Crippen molar-refractivity contribution in [1.82, 2.24) is 9.88 Å². The Kier molecular flexibility index (Phi) is 5.70. The molecule has 4 aromatic rings. The van der Waals surface area contributed by atoms with Crippen LogP contribution in [0.2, 0.25) is 0 Å². The van der Waals surface area contributed by atoms with Crippen LogP contribution < -0.4 is 0 Å². The monoisotopic (exact) mass is 422 g/mol. The van der Waals surface area contributed by atoms with Crippen molar-refractivity contribution in [3.63, 3.8) is 0 Å². The summed E-state index contributed by atoms with van der Waals surface area (Å²) in [5, 5.41) is 11.9. The van der Waals surface area contributed by atoms with E-state index in [9.17, 15) is 9.90 Å². The number of hydrogen-bond donors (Lipinski definition) is 1. The maximum absolute atomic E-state index is 11.7. The number of piperidine rings is 1. The molecule has 0 aliphatic carbocycles. The standard InChI is InChI=1S/C28H26N2O2/c31-28(32)26-7-4-16-30(19-26)27(24-12-13-25-18-29-15-14-23(25)17-24)22-10-8-21(9-11-22)20-5-2-1-3-6-20/h1-3,5-6,8-15,17-18,26-27H,4,7,16,19H2,(H,31,32). The normalized spacial score (nSPS) is 17.8. The van der Waals surface area contributed by atoms with Crippen LogP contribution in [0, 0.1) is 5.92 Å². The summed E-state index contributed by atoms with van der Waals surface area (Å²) >= 11 is 0. The zero-order chi connectivity index (χ0) is 21.9. The van der Waals surface area contributed by atoms with Crippen molar-refractivity contribution >= 4 is 16.7 Å². The van der Waals surface area contributed by atoms with Crippen LogP contribution in [0.15, 0.2) is 91.3 Å². The predicted octanol–water partition coefficient (Wildman–Crippen LogP) is 5.79. The van der Waals surface area contributed by atoms with Crippen LogP contribution in [-0.4, -0.2) is 34.0 Å². The Hall–Kier alpha value is -3.50. The summed E-state index contributed by atoms with van der Waals surface area (Å²) in [5.74, 6) is -1.02. The molecule has 1 aliphatic rings. The Balaban J connectivity index is 1.55. The maximum Gasteiger partial charge on any atom is 0.307 e. The Morgan fingerprint density at radius 2 is 1.66 bits per heavy atom. The summed E-state index contributed by atoms with van der Waals surface area (Å²) in [4.78, 5) is 18.3. The number of aliphatic carboxylic acids is 1. The van der Waals surface area contributed by atoms with E-state index in [4.69, 9.17) is 0 Å². The quantitative estimate of drug-likeness (QED) is 0.442. The van der Waals surface area contributed by atoms with Gasteiger partial charge in [0.05, 0.1) is 12.0 Å². The number of nitrogens with zero attached hydrogens (tertiary/aromatic N) is 2. The van der Waals surface area contributed by atoms with E-state index in [0.717, 1.165) is 30.2 Å². The van der Waals surface area contributed by atoms with Crippen LogP contribution in [0.4, 0.5) is 0 Å². The smallest absolute Gasteiger partial charge is 0.307 e. The van der Waals surface area contributed by atoms with E-state index < -0.39 is 5.97 Å². The Morgan fingerprint density at radius 3 is 2.44 bits per heavy atom. The molecule has 0 radical (unpaired) electrons. The minimum atomic E-state index is -0.697. The molecule has 5 rings (SSSR count). The van der Waals surface area contributed by atoms with Gasteiger partial charge in [-0.25, -0.2) is 0 Å². The zero-order valence-corrected chi connectivity index (χ0v) is 17.9. The first-order valence-electron chi connectivity index (χ1n) is 11.1. The lowest BCUT2D eigenvalue weighted by atomic mass is 9.90. The second-order valence-electron chi connectivity index (χ2n) is 8.55. The van der Waals surface area contributed by atoms with Crippen LogP contribution in [0.25, 0.3) is 21.9 Å². The molecule has 2 atom stereocenters. The van der Waals surface area contributed by atoms with Crippen molar-refractivity contribution in [2.75, 3.05) is 13.1 Å². The zero-order valence-electron chi connectivity index (χ0n) is 17.9. The fraction of sp³-hybridized carbons (Fsp3) is 0.214. The average Bonchev–Trinajstić information content (AvgIpc) is 2.85. The molecule has 2 heterocycles. The lowest BCUT2D eigenvalue weighted by Gasteiger charge is -2.37. The first-order valence-corrected chi connectivity index (χ1v) is 11.1. The molecule has 1 aliphatic heterocycles. The Labute approximate surface area is 188 Å². The van der Waals surface area contributed by atoms with Gasteiger partial charge >= 0.3 is 5.97 Å². The van der Waals surface area contributed by atoms with E-state index in [1.165, 1.54) is 22.3 Å². The van der Waals surface area contributed by atoms with Crippen LogP contribution in [0.1, 0.15) is 30.0 Å². The fourth-order valence-electron chi connectivity index (χ4n) is 4.82. The Bertz CT molecular complexity index is 1220. The van der Waals surface area contributed by atoms with Crippen molar-refractivity contribution in [3.8, 4) is 11.1 Å². The molecule has 4 nitrogen and oxygen atoms in total. The number of rotatable bonds is 5. The third kappa shape index (κ3) is 4.14. The third-order valence-electron chi connectivity index (χ3n) is 6.48. The van der Waals surface area contributed by atoms with Crippen LogP contribution in [-0.2, 0) is 4.79 Å². The highest BCUT2D eigenvalue weighted by atomic mass is 16.4. The van der Waals surface area contributed by atoms with Gasteiger partial charge in [0.1, 0.15) is 0 Å². The summed E-state index contributed by atoms with van der Waals surface area (Å²) < 4.78 is 0. The number of benzene rings is 3. The SMILES string of the molecule is O=C(O)C1CCCN(C(c2ccc(-c3ccccc3)cc2)c2ccc3cnccc3c2)C1. The molecule has 3 aromatic carbocycles. The topological polar surface area (TPSA) is 53.4 Å². The molecule has 160 valence electrons. The molecule has 0 bridgehead atoms. The molecule has 2 unspecified atom stereocenters. The van der Waals surface area contributed by atoms with Gasteiger partial charge in [0.15, 0.2) is 0 Å². The second kappa shape index (κ2) is 8.93. The van der Waals surface area contributed by atoms with Gasteiger partial charge in [-0.1, -0.05) is 66.7 Å². The van der Waals surface area contributed by atoms with Gasteiger partial charge in [-0.2, -0.15) is 0 Å². The fourth-order valence-corrected chi connectivity index (χ4v) is 4.82. The number of carbonyl (C=O) groups is 1. The van der Waals surface area contributed by atoms with Gasteiger partial charge in [-0.05, 0) is 59.2 Å². The van der Waals surface area contributed by atoms with E-state index in [1.54, 1.807) is 0 Å². The molecule has 0 saturated carbocycles. The minimum absolute atomic E-state index is 0.0135. The van der Waals surface area contributed by atoms with Gasteiger partial charge in [0.2, 0.25) is 0 Å². The van der Waals surface area contributed by atoms with Crippen LogP contribution in [0.5, 0.6) is 0 Å². The van der Waals surface area contributed by atoms with Crippen LogP contribution >= 0.6 is 0 Å². The first kappa shape index (κ1) is 20.4. The maximum atomic E-state index is 11.7.